The highest BCUT2D eigenvalue weighted by Crippen LogP contribution is 2.25. The highest BCUT2D eigenvalue weighted by molar-refractivity contribution is 9.10. The van der Waals surface area contributed by atoms with Gasteiger partial charge < -0.3 is 0 Å². The van der Waals surface area contributed by atoms with Crippen molar-refractivity contribution >= 4 is 43.8 Å². The molecule has 3 aromatic rings. The Morgan fingerprint density at radius 2 is 1.68 bits per heavy atom. The number of aryl methyl sites for hydroxylation is 2. The van der Waals surface area contributed by atoms with Gasteiger partial charge in [-0.05, 0) is 55.3 Å². The first-order chi connectivity index (χ1) is 14.8. The molecule has 0 aromatic heterocycles. The number of anilines is 1. The predicted molar refractivity (Wildman–Crippen MR) is 127 cm³/mol. The van der Waals surface area contributed by atoms with E-state index in [0.717, 1.165) is 25.5 Å². The topological polar surface area (TPSA) is 78.8 Å². The number of carbonyl (C=O) groups excluding carboxylic acids is 1. The Hall–Kier alpha value is -2.97. The van der Waals surface area contributed by atoms with Crippen LogP contribution in [0.25, 0.3) is 0 Å². The Balaban J connectivity index is 1.87. The van der Waals surface area contributed by atoms with Gasteiger partial charge in [0.25, 0.3) is 15.9 Å². The lowest BCUT2D eigenvalue weighted by Gasteiger charge is -2.24. The molecule has 160 valence electrons. The van der Waals surface area contributed by atoms with Crippen LogP contribution >= 0.6 is 15.9 Å². The third kappa shape index (κ3) is 5.59. The van der Waals surface area contributed by atoms with Gasteiger partial charge in [0.15, 0.2) is 0 Å². The minimum absolute atomic E-state index is 0.109. The molecular formula is C23H22BrN3O3S. The number of hydrogen-bond donors (Lipinski definition) is 1. The summed E-state index contributed by atoms with van der Waals surface area (Å²) in [7, 11) is -3.95. The Kier molecular flexibility index (Phi) is 7.25. The molecule has 6 nitrogen and oxygen atoms in total. The van der Waals surface area contributed by atoms with Crippen LogP contribution in [0.15, 0.2) is 87.3 Å². The maximum atomic E-state index is 13.3. The zero-order valence-electron chi connectivity index (χ0n) is 17.1. The Bertz CT molecular complexity index is 1210. The maximum Gasteiger partial charge on any atom is 0.264 e. The fourth-order valence-corrected chi connectivity index (χ4v) is 4.66. The van der Waals surface area contributed by atoms with Crippen LogP contribution in [0, 0.1) is 13.8 Å². The Labute approximate surface area is 190 Å². The van der Waals surface area contributed by atoms with E-state index in [1.54, 1.807) is 30.3 Å². The molecule has 0 radical (unpaired) electrons. The highest BCUT2D eigenvalue weighted by atomic mass is 79.9. The molecule has 1 amide bonds. The van der Waals surface area contributed by atoms with Gasteiger partial charge in [-0.15, -0.1) is 0 Å². The molecule has 0 bridgehead atoms. The van der Waals surface area contributed by atoms with Gasteiger partial charge in [0.2, 0.25) is 0 Å². The fraction of sp³-hybridized carbons (Fsp3) is 0.130. The van der Waals surface area contributed by atoms with Gasteiger partial charge in [0, 0.05) is 10.0 Å². The van der Waals surface area contributed by atoms with E-state index in [9.17, 15) is 13.2 Å². The molecule has 0 saturated heterocycles. The standard InChI is InChI=1S/C23H22BrN3O3S/c1-17-12-13-20(14-18(17)2)27(31(29,30)21-9-4-3-5-10-21)16-23(28)26-25-15-19-8-6-7-11-22(19)24/h3-15H,16H2,1-2H3,(H,26,28)/b25-15+. The third-order valence-corrected chi connectivity index (χ3v) is 7.21. The summed E-state index contributed by atoms with van der Waals surface area (Å²) in [4.78, 5) is 12.7. The molecule has 0 aliphatic heterocycles. The number of nitrogens with one attached hydrogen (secondary N) is 1. The van der Waals surface area contributed by atoms with Crippen molar-refractivity contribution in [2.45, 2.75) is 18.7 Å². The summed E-state index contributed by atoms with van der Waals surface area (Å²) in [5.41, 5.74) is 5.57. The van der Waals surface area contributed by atoms with Crippen LogP contribution in [-0.2, 0) is 14.8 Å². The van der Waals surface area contributed by atoms with Gasteiger partial charge >= 0.3 is 0 Å². The van der Waals surface area contributed by atoms with Crippen molar-refractivity contribution < 1.29 is 13.2 Å². The van der Waals surface area contributed by atoms with Crippen molar-refractivity contribution in [2.75, 3.05) is 10.8 Å². The van der Waals surface area contributed by atoms with E-state index in [4.69, 9.17) is 0 Å². The lowest BCUT2D eigenvalue weighted by atomic mass is 10.1. The van der Waals surface area contributed by atoms with Crippen LogP contribution in [0.5, 0.6) is 0 Å². The molecule has 0 saturated carbocycles. The number of hydrazone groups is 1. The molecule has 31 heavy (non-hydrogen) atoms. The van der Waals surface area contributed by atoms with Crippen molar-refractivity contribution in [1.82, 2.24) is 5.43 Å². The third-order valence-electron chi connectivity index (χ3n) is 4.69. The van der Waals surface area contributed by atoms with Gasteiger partial charge in [-0.2, -0.15) is 5.10 Å². The van der Waals surface area contributed by atoms with Crippen LogP contribution in [0.2, 0.25) is 0 Å². The number of halogens is 1. The van der Waals surface area contributed by atoms with E-state index in [-0.39, 0.29) is 4.90 Å². The van der Waals surface area contributed by atoms with Crippen LogP contribution < -0.4 is 9.73 Å². The van der Waals surface area contributed by atoms with E-state index >= 15 is 0 Å². The molecule has 0 unspecified atom stereocenters. The first-order valence-corrected chi connectivity index (χ1v) is 11.7. The molecule has 0 heterocycles. The molecule has 3 rings (SSSR count). The summed E-state index contributed by atoms with van der Waals surface area (Å²) in [6.07, 6.45) is 1.49. The quantitative estimate of drug-likeness (QED) is 0.386. The van der Waals surface area contributed by atoms with E-state index in [0.29, 0.717) is 5.69 Å². The molecule has 8 heteroatoms. The van der Waals surface area contributed by atoms with Gasteiger partial charge in [-0.1, -0.05) is 58.4 Å². The smallest absolute Gasteiger partial charge is 0.264 e. The second-order valence-electron chi connectivity index (χ2n) is 6.91. The molecule has 1 N–H and O–H groups in total. The molecular weight excluding hydrogens is 478 g/mol. The monoisotopic (exact) mass is 499 g/mol. The molecule has 0 fully saturated rings. The highest BCUT2D eigenvalue weighted by Gasteiger charge is 2.27. The van der Waals surface area contributed by atoms with Gasteiger partial charge in [-0.3, -0.25) is 9.10 Å². The van der Waals surface area contributed by atoms with Gasteiger partial charge in [-0.25, -0.2) is 13.8 Å². The van der Waals surface area contributed by atoms with Crippen LogP contribution in [0.3, 0.4) is 0 Å². The van der Waals surface area contributed by atoms with Crippen molar-refractivity contribution in [3.63, 3.8) is 0 Å². The van der Waals surface area contributed by atoms with Crippen molar-refractivity contribution in [3.05, 3.63) is 94.0 Å². The minimum atomic E-state index is -3.95. The number of rotatable bonds is 7. The number of amides is 1. The summed E-state index contributed by atoms with van der Waals surface area (Å²) < 4.78 is 28.5. The Morgan fingerprint density at radius 1 is 1.00 bits per heavy atom. The van der Waals surface area contributed by atoms with Crippen molar-refractivity contribution in [1.29, 1.82) is 0 Å². The predicted octanol–water partition coefficient (Wildman–Crippen LogP) is 4.41. The first kappa shape index (κ1) is 22.7. The summed E-state index contributed by atoms with van der Waals surface area (Å²) >= 11 is 3.41. The number of benzene rings is 3. The maximum absolute atomic E-state index is 13.3. The van der Waals surface area contributed by atoms with Gasteiger partial charge in [0.05, 0.1) is 16.8 Å². The van der Waals surface area contributed by atoms with E-state index in [1.807, 2.05) is 44.2 Å². The lowest BCUT2D eigenvalue weighted by molar-refractivity contribution is -0.119. The van der Waals surface area contributed by atoms with Crippen molar-refractivity contribution in [3.8, 4) is 0 Å². The minimum Gasteiger partial charge on any atom is -0.271 e. The fourth-order valence-electron chi connectivity index (χ4n) is 2.83. The number of sulfonamides is 1. The second kappa shape index (κ2) is 9.89. The first-order valence-electron chi connectivity index (χ1n) is 9.50. The average Bonchev–Trinajstić information content (AvgIpc) is 2.76. The van der Waals surface area contributed by atoms with Crippen LogP contribution in [0.4, 0.5) is 5.69 Å². The molecule has 0 atom stereocenters. The SMILES string of the molecule is Cc1ccc(N(CC(=O)N/N=C/c2ccccc2Br)S(=O)(=O)c2ccccc2)cc1C. The van der Waals surface area contributed by atoms with E-state index in [2.05, 4.69) is 26.5 Å². The zero-order chi connectivity index (χ0) is 22.4. The second-order valence-corrected chi connectivity index (χ2v) is 9.62. The number of hydrogen-bond acceptors (Lipinski definition) is 4. The number of nitrogens with zero attached hydrogens (tertiary/aromatic N) is 2. The summed E-state index contributed by atoms with van der Waals surface area (Å²) in [5, 5.41) is 3.96. The molecule has 0 spiro atoms. The summed E-state index contributed by atoms with van der Waals surface area (Å²) in [6, 6.07) is 20.7. The van der Waals surface area contributed by atoms with Crippen molar-refractivity contribution in [2.24, 2.45) is 5.10 Å². The zero-order valence-corrected chi connectivity index (χ0v) is 19.5. The normalized spacial score (nSPS) is 11.5. The van der Waals surface area contributed by atoms with Crippen LogP contribution in [-0.4, -0.2) is 27.1 Å². The number of carbonyl (C=O) groups is 1. The largest absolute Gasteiger partial charge is 0.271 e. The summed E-state index contributed by atoms with van der Waals surface area (Å²) in [6.45, 7) is 3.43. The molecule has 0 aliphatic carbocycles. The van der Waals surface area contributed by atoms with Gasteiger partial charge in [0.1, 0.15) is 6.54 Å². The van der Waals surface area contributed by atoms with Crippen LogP contribution in [0.1, 0.15) is 16.7 Å². The molecule has 0 aliphatic rings. The van der Waals surface area contributed by atoms with E-state index in [1.165, 1.54) is 18.3 Å². The molecule has 3 aromatic carbocycles. The summed E-state index contributed by atoms with van der Waals surface area (Å²) in [5.74, 6) is -0.555. The average molecular weight is 500 g/mol. The van der Waals surface area contributed by atoms with E-state index < -0.39 is 22.5 Å². The Morgan fingerprint density at radius 3 is 2.35 bits per heavy atom. The lowest BCUT2D eigenvalue weighted by Crippen LogP contribution is -2.39.